The van der Waals surface area contributed by atoms with Crippen molar-refractivity contribution in [2.45, 2.75) is 160 Å². The quantitative estimate of drug-likeness (QED) is 0.0350. The number of alkyl halides is 9. The summed E-state index contributed by atoms with van der Waals surface area (Å²) >= 11 is 0. The van der Waals surface area contributed by atoms with Gasteiger partial charge in [0.25, 0.3) is 23.0 Å². The topological polar surface area (TPSA) is 295 Å². The number of pyridine rings is 1. The zero-order valence-electron chi connectivity index (χ0n) is 73.8. The van der Waals surface area contributed by atoms with E-state index in [4.69, 9.17) is 27.7 Å². The van der Waals surface area contributed by atoms with Crippen LogP contribution in [0.4, 0.5) is 62.3 Å². The van der Waals surface area contributed by atoms with Crippen molar-refractivity contribution >= 4 is 69.1 Å². The van der Waals surface area contributed by atoms with Crippen molar-refractivity contribution in [3.63, 3.8) is 0 Å². The standard InChI is InChI=1S/C21H16F6N2O3.C21H23F3N2O.C21H24N2O2.C20H24N2O.C19H21N3O2/c1-28-18(31)14-4-8-16-13(10-14)5-9-17(30)29(16)11-12-2-6-15(7-3-12)19(32,20(22,23)24)21(25,26)27;1-20(2,21(22,23)24)17-8-5-14(6-9-17)13-26-11-3-4-15-12-16(19(25)27)7-10-18(15)26;22-21(24)18-7-8-20-17(12-18)2-1-10-23(20)13-15-3-5-16(6-4-15)19-9-11-25-14-19;1-14(2)16-7-5-15(6-8-16)13-22-11-3-4-17-12-18(20(21)23)9-10-19(17)22;1-21-19(24)14-6-4-13(5-7-14)12-22-10-2-3-15-11-16(18(20)23)8-9-17(15)22/h2-10,32H,11H2,1H3,(H,28,31);5-10,12H,3-4,11,13H2,1-2H3,(H2,25,27);3-8,12,19H,1-2,9-11,13-14H2,(H2,22,24);5-10,12,14H,3-4,11,13H2,1-2H3,(H2,21,23);4-9,11H,2-3,10,12H2,1H3,(H2,20,23)(H,21,24). The van der Waals surface area contributed by atoms with Crippen molar-refractivity contribution in [1.82, 2.24) is 15.2 Å². The van der Waals surface area contributed by atoms with Crippen LogP contribution in [0.15, 0.2) is 229 Å². The summed E-state index contributed by atoms with van der Waals surface area (Å²) in [7, 11) is 3.08. The molecule has 1 saturated heterocycles. The SMILES string of the molecule is CC(C)(c1ccc(CN2CCCc3cc(C(N)=O)ccc32)cc1)C(F)(F)F.CC(C)c1ccc(CN2CCCc3cc(C(N)=O)ccc32)cc1.CNC(=O)c1ccc(CN2CCCc3cc(C(N)=O)ccc32)cc1.CNC(=O)c1ccc2c(ccc(=O)n2Cc2ccc(C(O)(C(F)(F)F)C(F)(F)F)cc2)c1.NC(=O)c1ccc2c(c1)CCCN2Cc1ccc(C2CCOC2)cc1. The highest BCUT2D eigenvalue weighted by Crippen LogP contribution is 2.50. The highest BCUT2D eigenvalue weighted by molar-refractivity contribution is 5.99. The van der Waals surface area contributed by atoms with Crippen LogP contribution in [0.3, 0.4) is 0 Å². The average Bonchev–Trinajstić information content (AvgIpc) is 0.765. The molecular formula is C102H108F9N11O9. The van der Waals surface area contributed by atoms with E-state index in [0.717, 1.165) is 157 Å². The first-order valence-electron chi connectivity index (χ1n) is 43.5. The number of aryl methyl sites for hydroxylation is 4. The largest absolute Gasteiger partial charge is 0.430 e. The highest BCUT2D eigenvalue weighted by Gasteiger charge is 2.71. The Labute approximate surface area is 754 Å². The van der Waals surface area contributed by atoms with Gasteiger partial charge in [0.05, 0.1) is 24.1 Å². The third-order valence-electron chi connectivity index (χ3n) is 24.7. The molecule has 688 valence electrons. The third kappa shape index (κ3) is 23.3. The number of carbonyl (C=O) groups excluding carboxylic acids is 6. The number of aromatic nitrogens is 1. The van der Waals surface area contributed by atoms with Crippen LogP contribution in [0.25, 0.3) is 10.9 Å². The third-order valence-corrected chi connectivity index (χ3v) is 24.7. The van der Waals surface area contributed by atoms with Crippen LogP contribution in [0.5, 0.6) is 0 Å². The zero-order chi connectivity index (χ0) is 94.4. The van der Waals surface area contributed by atoms with E-state index in [-0.39, 0.29) is 47.2 Å². The van der Waals surface area contributed by atoms with E-state index in [2.05, 4.69) is 92.6 Å². The molecule has 16 rings (SSSR count). The van der Waals surface area contributed by atoms with Gasteiger partial charge in [0.1, 0.15) is 0 Å². The van der Waals surface area contributed by atoms with Crippen molar-refractivity contribution in [2.75, 3.05) is 73.1 Å². The van der Waals surface area contributed by atoms with Gasteiger partial charge in [-0.15, -0.1) is 0 Å². The van der Waals surface area contributed by atoms with E-state index in [0.29, 0.717) is 74.8 Å². The number of anilines is 4. The fourth-order valence-corrected chi connectivity index (χ4v) is 16.9. The lowest BCUT2D eigenvalue weighted by Crippen LogP contribution is -2.53. The van der Waals surface area contributed by atoms with Gasteiger partial charge >= 0.3 is 18.5 Å². The molecule has 11 aromatic rings. The molecule has 5 aliphatic rings. The number of halogens is 9. The van der Waals surface area contributed by atoms with E-state index in [1.807, 2.05) is 84.9 Å². The summed E-state index contributed by atoms with van der Waals surface area (Å²) in [6.45, 7) is 15.5. The summed E-state index contributed by atoms with van der Waals surface area (Å²) in [5, 5.41) is 15.1. The second kappa shape index (κ2) is 41.6. The lowest BCUT2D eigenvalue weighted by Gasteiger charge is -2.32. The van der Waals surface area contributed by atoms with Gasteiger partial charge < -0.3 is 67.6 Å². The number of primary amides is 4. The second-order valence-electron chi connectivity index (χ2n) is 34.2. The van der Waals surface area contributed by atoms with Crippen molar-refractivity contribution in [3.8, 4) is 0 Å². The molecule has 5 aliphatic heterocycles. The average molecular weight is 1800 g/mol. The normalized spacial score (nSPS) is 14.8. The Morgan fingerprint density at radius 3 is 1.09 bits per heavy atom. The summed E-state index contributed by atoms with van der Waals surface area (Å²) in [6, 6.07) is 65.2. The molecule has 29 heteroatoms. The maximum atomic E-state index is 13.2. The van der Waals surface area contributed by atoms with Crippen LogP contribution >= 0.6 is 0 Å². The van der Waals surface area contributed by atoms with E-state index in [1.54, 1.807) is 49.5 Å². The Balaban J connectivity index is 0.000000149. The molecule has 0 radical (unpaired) electrons. The number of hydrogen-bond donors (Lipinski definition) is 7. The van der Waals surface area contributed by atoms with E-state index in [9.17, 15) is 78.2 Å². The van der Waals surface area contributed by atoms with Crippen molar-refractivity contribution in [3.05, 3.63) is 341 Å². The summed E-state index contributed by atoms with van der Waals surface area (Å²) in [4.78, 5) is 90.5. The number of ether oxygens (including phenoxy) is 1. The Hall–Kier alpha value is -13.3. The smallest absolute Gasteiger partial charge is 0.381 e. The lowest BCUT2D eigenvalue weighted by molar-refractivity contribution is -0.376. The molecule has 0 aliphatic carbocycles. The van der Waals surface area contributed by atoms with Gasteiger partial charge in [0.15, 0.2) is 0 Å². The maximum Gasteiger partial charge on any atom is 0.430 e. The molecule has 6 heterocycles. The van der Waals surface area contributed by atoms with Gasteiger partial charge in [-0.3, -0.25) is 33.6 Å². The van der Waals surface area contributed by atoms with Crippen LogP contribution in [0, 0.1) is 0 Å². The number of nitrogens with one attached hydrogen (secondary N) is 2. The van der Waals surface area contributed by atoms with Gasteiger partial charge in [0.2, 0.25) is 23.6 Å². The van der Waals surface area contributed by atoms with E-state index < -0.39 is 46.6 Å². The molecule has 131 heavy (non-hydrogen) atoms. The molecule has 6 amide bonds. The number of hydrogen-bond acceptors (Lipinski definition) is 13. The monoisotopic (exact) mass is 1800 g/mol. The first-order valence-corrected chi connectivity index (χ1v) is 43.5. The number of aliphatic hydroxyl groups is 1. The van der Waals surface area contributed by atoms with Crippen LogP contribution < -0.4 is 58.7 Å². The number of nitrogens with two attached hydrogens (primary N) is 4. The van der Waals surface area contributed by atoms with Crippen LogP contribution in [0.1, 0.15) is 206 Å². The summed E-state index contributed by atoms with van der Waals surface area (Å²) in [6.07, 6.45) is -7.06. The van der Waals surface area contributed by atoms with Gasteiger partial charge in [-0.05, 0) is 259 Å². The molecule has 1 fully saturated rings. The predicted octanol–water partition coefficient (Wildman–Crippen LogP) is 17.5. The lowest BCUT2D eigenvalue weighted by atomic mass is 9.83. The maximum absolute atomic E-state index is 13.2. The first kappa shape index (κ1) is 96.8. The van der Waals surface area contributed by atoms with Gasteiger partial charge in [-0.1, -0.05) is 123 Å². The highest BCUT2D eigenvalue weighted by atomic mass is 19.4. The summed E-state index contributed by atoms with van der Waals surface area (Å²) in [5.74, 6) is -0.854. The number of rotatable bonds is 20. The number of fused-ring (bicyclic) bond motifs is 5. The predicted molar refractivity (Wildman–Crippen MR) is 491 cm³/mol. The van der Waals surface area contributed by atoms with Crippen LogP contribution in [0.2, 0.25) is 0 Å². The van der Waals surface area contributed by atoms with E-state index in [1.165, 1.54) is 100 Å². The molecule has 0 spiro atoms. The molecular weight excluding hydrogens is 1690 g/mol. The van der Waals surface area contributed by atoms with Crippen molar-refractivity contribution in [2.24, 2.45) is 22.9 Å². The minimum absolute atomic E-state index is 0.0798. The Kier molecular flexibility index (Phi) is 30.8. The minimum atomic E-state index is -5.98. The van der Waals surface area contributed by atoms with Gasteiger partial charge in [-0.25, -0.2) is 0 Å². The van der Waals surface area contributed by atoms with Crippen LogP contribution in [-0.4, -0.2) is 117 Å². The van der Waals surface area contributed by atoms with Gasteiger partial charge in [-0.2, -0.15) is 39.5 Å². The fraction of sp³-hybridized carbons (Fsp3) is 0.324. The molecule has 0 bridgehead atoms. The molecule has 0 saturated carbocycles. The fourth-order valence-electron chi connectivity index (χ4n) is 16.9. The zero-order valence-corrected chi connectivity index (χ0v) is 73.8. The Morgan fingerprint density at radius 1 is 0.412 bits per heavy atom. The van der Waals surface area contributed by atoms with E-state index >= 15 is 0 Å². The summed E-state index contributed by atoms with van der Waals surface area (Å²) < 4.78 is 125. The number of nitrogens with zero attached hydrogens (tertiary/aromatic N) is 5. The summed E-state index contributed by atoms with van der Waals surface area (Å²) in [5.41, 5.74) is 33.8. The molecule has 1 atom stereocenters. The minimum Gasteiger partial charge on any atom is -0.381 e. The molecule has 20 nitrogen and oxygen atoms in total. The first-order chi connectivity index (χ1) is 62.2. The second-order valence-corrected chi connectivity index (χ2v) is 34.2. The Morgan fingerprint density at radius 2 is 0.748 bits per heavy atom. The van der Waals surface area contributed by atoms with Crippen LogP contribution in [-0.2, 0) is 74.2 Å². The van der Waals surface area contributed by atoms with Gasteiger partial charge in [0, 0.05) is 147 Å². The molecule has 10 aromatic carbocycles. The molecule has 1 aromatic heterocycles. The van der Waals surface area contributed by atoms with Crippen molar-refractivity contribution in [1.29, 1.82) is 0 Å². The number of amides is 6. The molecule has 11 N–H and O–H groups in total. The van der Waals surface area contributed by atoms with Crippen molar-refractivity contribution < 1.29 is 78.1 Å². The Bertz CT molecular complexity index is 5960. The molecule has 1 unspecified atom stereocenters. The number of benzene rings is 10. The number of carbonyl (C=O) groups is 6.